The summed E-state index contributed by atoms with van der Waals surface area (Å²) < 4.78 is 178. The molecule has 0 radical (unpaired) electrons. The van der Waals surface area contributed by atoms with Crippen molar-refractivity contribution in [3.63, 3.8) is 0 Å². The molecule has 0 spiro atoms. The van der Waals surface area contributed by atoms with Crippen LogP contribution in [0.4, 0.5) is 52.7 Å². The third-order valence-electron chi connectivity index (χ3n) is 6.34. The number of benzene rings is 4. The zero-order chi connectivity index (χ0) is 34.4. The van der Waals surface area contributed by atoms with Crippen molar-refractivity contribution in [2.75, 3.05) is 0 Å². The Morgan fingerprint density at radius 1 is 0.222 bits per heavy atom. The third kappa shape index (κ3) is 5.15. The van der Waals surface area contributed by atoms with Crippen LogP contribution in [-0.4, -0.2) is 18.4 Å². The summed E-state index contributed by atoms with van der Waals surface area (Å²) in [6.45, 7) is 0. The van der Waals surface area contributed by atoms with Gasteiger partial charge in [-0.25, -0.2) is 0 Å². The Bertz CT molecular complexity index is 1590. The van der Waals surface area contributed by atoms with Crippen LogP contribution < -0.4 is 14.3 Å². The Balaban J connectivity index is 2.69. The molecule has 4 aromatic rings. The Morgan fingerprint density at radius 2 is 0.333 bits per heavy atom. The van der Waals surface area contributed by atoms with E-state index in [0.29, 0.717) is 0 Å². The fraction of sp³-hybridized carbons (Fsp3) is 0. The summed E-state index contributed by atoms with van der Waals surface area (Å²) in [5.41, 5.74) is 0. The monoisotopic (exact) mass is 916 g/mol. The first kappa shape index (κ1) is 37.0. The first-order chi connectivity index (χ1) is 20.7. The number of hydrogen-bond donors (Lipinski definition) is 0. The van der Waals surface area contributed by atoms with E-state index in [-0.39, 0.29) is 0 Å². The first-order valence-corrected chi connectivity index (χ1v) is 19.5. The van der Waals surface area contributed by atoms with Crippen molar-refractivity contribution >= 4 is 126 Å². The van der Waals surface area contributed by atoms with E-state index in [1.807, 2.05) is 0 Å². The topological polar surface area (TPSA) is 0 Å². The van der Waals surface area contributed by atoms with Crippen molar-refractivity contribution in [3.05, 3.63) is 110 Å². The van der Waals surface area contributed by atoms with E-state index >= 15 is 35.1 Å². The van der Waals surface area contributed by atoms with Crippen molar-refractivity contribution in [1.82, 2.24) is 0 Å². The molecule has 240 valence electrons. The third-order valence-corrected chi connectivity index (χ3v) is 22.6. The van der Waals surface area contributed by atoms with Crippen LogP contribution in [0.15, 0.2) is 0 Å². The molecule has 0 aromatic heterocycles. The summed E-state index contributed by atoms with van der Waals surface area (Å²) in [5, 5.41) is -15.3. The van der Waals surface area contributed by atoms with Crippen LogP contribution in [0.5, 0.6) is 0 Å². The van der Waals surface area contributed by atoms with E-state index in [0.717, 1.165) is 0 Å². The van der Waals surface area contributed by atoms with E-state index in [9.17, 15) is 17.6 Å². The van der Waals surface area contributed by atoms with E-state index in [4.69, 9.17) is 92.8 Å². The predicted octanol–water partition coefficient (Wildman–Crippen LogP) is 9.96. The van der Waals surface area contributed by atoms with Crippen LogP contribution in [-0.2, 0) is 0 Å². The standard InChI is InChI=1S/4C6Cl2F3.Sn/c4*7-4-2(9)1-3(10)5(8)6(4)11;. The van der Waals surface area contributed by atoms with Crippen molar-refractivity contribution < 1.29 is 52.7 Å². The van der Waals surface area contributed by atoms with E-state index in [1.54, 1.807) is 0 Å². The van der Waals surface area contributed by atoms with Gasteiger partial charge in [0.2, 0.25) is 0 Å². The molecule has 21 heteroatoms. The van der Waals surface area contributed by atoms with Gasteiger partial charge in [0.25, 0.3) is 0 Å². The van der Waals surface area contributed by atoms with Gasteiger partial charge < -0.3 is 0 Å². The molecule has 0 saturated carbocycles. The molecular formula is C24Cl8F12Sn. The van der Waals surface area contributed by atoms with Crippen LogP contribution in [0, 0.1) is 69.8 Å². The zero-order valence-electron chi connectivity index (χ0n) is 20.1. The Labute approximate surface area is 286 Å². The number of rotatable bonds is 4. The molecular weight excluding hydrogens is 919 g/mol. The van der Waals surface area contributed by atoms with Crippen LogP contribution in [0.25, 0.3) is 0 Å². The van der Waals surface area contributed by atoms with Gasteiger partial charge in [0.05, 0.1) is 0 Å². The molecule has 0 aliphatic rings. The fourth-order valence-corrected chi connectivity index (χ4v) is 22.7. The second-order valence-corrected chi connectivity index (χ2v) is 21.5. The molecule has 0 aliphatic heterocycles. The summed E-state index contributed by atoms with van der Waals surface area (Å²) in [4.78, 5) is 0. The average Bonchev–Trinajstić information content (AvgIpc) is 3.00. The summed E-state index contributed by atoms with van der Waals surface area (Å²) in [7, 11) is 0. The summed E-state index contributed by atoms with van der Waals surface area (Å²) >= 11 is 35.9. The van der Waals surface area contributed by atoms with Crippen LogP contribution in [0.1, 0.15) is 0 Å². The first-order valence-electron chi connectivity index (χ1n) is 10.8. The zero-order valence-corrected chi connectivity index (χ0v) is 29.0. The molecule has 0 atom stereocenters. The van der Waals surface area contributed by atoms with Gasteiger partial charge in [-0.3, -0.25) is 0 Å². The Kier molecular flexibility index (Phi) is 10.6. The van der Waals surface area contributed by atoms with Gasteiger partial charge in [-0.2, -0.15) is 0 Å². The van der Waals surface area contributed by atoms with E-state index in [2.05, 4.69) is 0 Å². The minimum absolute atomic E-state index is 1.92. The number of hydrogen-bond acceptors (Lipinski definition) is 0. The second kappa shape index (κ2) is 12.9. The SMILES string of the molecule is Fc1c(Cl)c(F)[c]([Sn]([c]2c(F)c(Cl)c(F)c(Cl)c2F)([c]2c(F)c(Cl)c(F)c(Cl)c2F)[c]2c(F)c(Cl)c(F)c(Cl)c2F)c(F)c1Cl. The molecule has 0 N–H and O–H groups in total. The number of halogens is 20. The molecule has 0 nitrogen and oxygen atoms in total. The van der Waals surface area contributed by atoms with Crippen LogP contribution in [0.3, 0.4) is 0 Å². The maximum absolute atomic E-state index is 16.1. The van der Waals surface area contributed by atoms with Crippen LogP contribution in [0.2, 0.25) is 40.2 Å². The van der Waals surface area contributed by atoms with Crippen molar-refractivity contribution in [1.29, 1.82) is 0 Å². The normalized spacial score (nSPS) is 12.0. The van der Waals surface area contributed by atoms with Crippen LogP contribution >= 0.6 is 92.8 Å². The van der Waals surface area contributed by atoms with Gasteiger partial charge in [-0.05, 0) is 0 Å². The van der Waals surface area contributed by atoms with Crippen molar-refractivity contribution in [3.8, 4) is 0 Å². The summed E-state index contributed by atoms with van der Waals surface area (Å²) in [6, 6.07) is 0. The second-order valence-electron chi connectivity index (χ2n) is 8.53. The molecule has 0 saturated heterocycles. The maximum atomic E-state index is 16.1. The molecule has 0 fully saturated rings. The molecule has 4 rings (SSSR count). The quantitative estimate of drug-likeness (QED) is 0.0829. The van der Waals surface area contributed by atoms with Gasteiger partial charge in [-0.1, -0.05) is 0 Å². The predicted molar refractivity (Wildman–Crippen MR) is 150 cm³/mol. The minimum atomic E-state index is -8.62. The van der Waals surface area contributed by atoms with E-state index < -0.39 is 143 Å². The summed E-state index contributed by atoms with van der Waals surface area (Å²) in [6.07, 6.45) is 0. The molecule has 0 unspecified atom stereocenters. The van der Waals surface area contributed by atoms with Gasteiger partial charge in [-0.15, -0.1) is 0 Å². The van der Waals surface area contributed by atoms with E-state index in [1.165, 1.54) is 0 Å². The molecule has 45 heavy (non-hydrogen) atoms. The molecule has 0 aliphatic carbocycles. The molecule has 0 bridgehead atoms. The van der Waals surface area contributed by atoms with Gasteiger partial charge >= 0.3 is 288 Å². The molecule has 0 heterocycles. The Morgan fingerprint density at radius 3 is 0.444 bits per heavy atom. The van der Waals surface area contributed by atoms with Crippen molar-refractivity contribution in [2.45, 2.75) is 0 Å². The molecule has 4 aromatic carbocycles. The van der Waals surface area contributed by atoms with Gasteiger partial charge in [0, 0.05) is 0 Å². The summed E-state index contributed by atoms with van der Waals surface area (Å²) in [5.74, 6) is -29.4. The average molecular weight is 919 g/mol. The Hall–Kier alpha value is -0.841. The van der Waals surface area contributed by atoms with Gasteiger partial charge in [0.15, 0.2) is 0 Å². The van der Waals surface area contributed by atoms with Crippen molar-refractivity contribution in [2.24, 2.45) is 0 Å². The fourth-order valence-electron chi connectivity index (χ4n) is 4.49. The van der Waals surface area contributed by atoms with Gasteiger partial charge in [0.1, 0.15) is 0 Å². The molecule has 0 amide bonds.